The minimum atomic E-state index is 0.104. The normalized spacial score (nSPS) is 15.9. The Balaban J connectivity index is 2.21. The molecule has 1 aliphatic carbocycles. The van der Waals surface area contributed by atoms with Gasteiger partial charge in [-0.25, -0.2) is 0 Å². The summed E-state index contributed by atoms with van der Waals surface area (Å²) < 4.78 is 5.15. The zero-order valence-corrected chi connectivity index (χ0v) is 11.6. The third-order valence-corrected chi connectivity index (χ3v) is 3.69. The number of anilines is 1. The summed E-state index contributed by atoms with van der Waals surface area (Å²) in [5.41, 5.74) is 6.44. The first kappa shape index (κ1) is 13.9. The molecule has 0 spiro atoms. The quantitative estimate of drug-likeness (QED) is 0.855. The summed E-state index contributed by atoms with van der Waals surface area (Å²) in [5.74, 6) is 1.53. The molecule has 1 atom stereocenters. The van der Waals surface area contributed by atoms with E-state index >= 15 is 0 Å². The molecule has 2 N–H and O–H groups in total. The van der Waals surface area contributed by atoms with E-state index in [1.54, 1.807) is 7.11 Å². The maximum atomic E-state index is 12.3. The first-order chi connectivity index (χ1) is 9.17. The number of rotatable bonds is 6. The maximum Gasteiger partial charge on any atom is 0.228 e. The fourth-order valence-electron chi connectivity index (χ4n) is 2.38. The number of nitrogens with zero attached hydrogens (tertiary/aromatic N) is 1. The van der Waals surface area contributed by atoms with Crippen LogP contribution in [0.1, 0.15) is 26.2 Å². The SMILES string of the molecule is COc1ccc(N(C(=O)CCN)C(C)C2CC2)cc1. The molecule has 19 heavy (non-hydrogen) atoms. The Morgan fingerprint density at radius 2 is 2.05 bits per heavy atom. The highest BCUT2D eigenvalue weighted by atomic mass is 16.5. The number of carbonyl (C=O) groups excluding carboxylic acids is 1. The van der Waals surface area contributed by atoms with Crippen LogP contribution in [0.5, 0.6) is 5.75 Å². The molecular weight excluding hydrogens is 240 g/mol. The number of hydrogen-bond acceptors (Lipinski definition) is 3. The number of nitrogens with two attached hydrogens (primary N) is 1. The number of benzene rings is 1. The van der Waals surface area contributed by atoms with Crippen molar-refractivity contribution in [2.75, 3.05) is 18.6 Å². The van der Waals surface area contributed by atoms with Gasteiger partial charge >= 0.3 is 0 Å². The largest absolute Gasteiger partial charge is 0.497 e. The molecule has 1 saturated carbocycles. The van der Waals surface area contributed by atoms with Gasteiger partial charge in [-0.2, -0.15) is 0 Å². The van der Waals surface area contributed by atoms with Crippen LogP contribution in [0.25, 0.3) is 0 Å². The minimum Gasteiger partial charge on any atom is -0.497 e. The molecule has 1 unspecified atom stereocenters. The van der Waals surface area contributed by atoms with Crippen molar-refractivity contribution in [3.05, 3.63) is 24.3 Å². The molecule has 1 fully saturated rings. The topological polar surface area (TPSA) is 55.6 Å². The van der Waals surface area contributed by atoms with Gasteiger partial charge in [0.1, 0.15) is 5.75 Å². The highest BCUT2D eigenvalue weighted by Crippen LogP contribution is 2.37. The predicted octanol–water partition coefficient (Wildman–Crippen LogP) is 2.18. The summed E-state index contributed by atoms with van der Waals surface area (Å²) in [6, 6.07) is 7.89. The molecule has 0 aromatic heterocycles. The van der Waals surface area contributed by atoms with Gasteiger partial charge in [-0.1, -0.05) is 0 Å². The first-order valence-electron chi connectivity index (χ1n) is 6.83. The summed E-state index contributed by atoms with van der Waals surface area (Å²) in [5, 5.41) is 0. The van der Waals surface area contributed by atoms with Gasteiger partial charge in [-0.15, -0.1) is 0 Å². The van der Waals surface area contributed by atoms with Crippen LogP contribution >= 0.6 is 0 Å². The first-order valence-corrected chi connectivity index (χ1v) is 6.83. The van der Waals surface area contributed by atoms with Crippen molar-refractivity contribution in [2.24, 2.45) is 11.7 Å². The molecule has 0 aliphatic heterocycles. The van der Waals surface area contributed by atoms with Crippen molar-refractivity contribution in [1.29, 1.82) is 0 Å². The van der Waals surface area contributed by atoms with Gasteiger partial charge in [-0.3, -0.25) is 4.79 Å². The lowest BCUT2D eigenvalue weighted by Crippen LogP contribution is -2.40. The number of methoxy groups -OCH3 is 1. The van der Waals surface area contributed by atoms with Crippen LogP contribution in [0.4, 0.5) is 5.69 Å². The Labute approximate surface area is 114 Å². The molecule has 1 aromatic rings. The molecular formula is C15H22N2O2. The molecule has 104 valence electrons. The van der Waals surface area contributed by atoms with E-state index < -0.39 is 0 Å². The summed E-state index contributed by atoms with van der Waals surface area (Å²) in [4.78, 5) is 14.2. The van der Waals surface area contributed by atoms with Gasteiger partial charge in [-0.05, 0) is 49.9 Å². The monoisotopic (exact) mass is 262 g/mol. The molecule has 4 heteroatoms. The summed E-state index contributed by atoms with van der Waals surface area (Å²) >= 11 is 0. The van der Waals surface area contributed by atoms with Crippen molar-refractivity contribution in [1.82, 2.24) is 0 Å². The van der Waals surface area contributed by atoms with Crippen molar-refractivity contribution < 1.29 is 9.53 Å². The van der Waals surface area contributed by atoms with Crippen molar-refractivity contribution in [3.8, 4) is 5.75 Å². The Morgan fingerprint density at radius 1 is 1.42 bits per heavy atom. The molecule has 4 nitrogen and oxygen atoms in total. The lowest BCUT2D eigenvalue weighted by molar-refractivity contribution is -0.118. The zero-order chi connectivity index (χ0) is 13.8. The summed E-state index contributed by atoms with van der Waals surface area (Å²) in [6.45, 7) is 2.51. The van der Waals surface area contributed by atoms with E-state index in [0.29, 0.717) is 18.9 Å². The molecule has 0 radical (unpaired) electrons. The third kappa shape index (κ3) is 3.26. The average Bonchev–Trinajstić information content (AvgIpc) is 3.24. The van der Waals surface area contributed by atoms with Gasteiger partial charge in [0.15, 0.2) is 0 Å². The molecule has 1 aliphatic rings. The van der Waals surface area contributed by atoms with Crippen LogP contribution in [0, 0.1) is 5.92 Å². The van der Waals surface area contributed by atoms with Crippen molar-refractivity contribution in [2.45, 2.75) is 32.2 Å². The highest BCUT2D eigenvalue weighted by Gasteiger charge is 2.34. The molecule has 1 amide bonds. The van der Waals surface area contributed by atoms with Gasteiger partial charge in [0.05, 0.1) is 7.11 Å². The summed E-state index contributed by atoms with van der Waals surface area (Å²) in [6.07, 6.45) is 2.82. The van der Waals surface area contributed by atoms with Crippen molar-refractivity contribution >= 4 is 11.6 Å². The molecule has 0 heterocycles. The second-order valence-corrected chi connectivity index (χ2v) is 5.08. The van der Waals surface area contributed by atoms with Crippen LogP contribution in [0.2, 0.25) is 0 Å². The predicted molar refractivity (Wildman–Crippen MR) is 76.3 cm³/mol. The smallest absolute Gasteiger partial charge is 0.228 e. The van der Waals surface area contributed by atoms with E-state index in [1.807, 2.05) is 29.2 Å². The van der Waals surface area contributed by atoms with E-state index in [-0.39, 0.29) is 11.9 Å². The van der Waals surface area contributed by atoms with E-state index in [0.717, 1.165) is 11.4 Å². The Morgan fingerprint density at radius 3 is 2.53 bits per heavy atom. The van der Waals surface area contributed by atoms with Crippen LogP contribution in [0.3, 0.4) is 0 Å². The molecule has 0 saturated heterocycles. The number of amides is 1. The van der Waals surface area contributed by atoms with Crippen LogP contribution < -0.4 is 15.4 Å². The van der Waals surface area contributed by atoms with E-state index in [4.69, 9.17) is 10.5 Å². The standard InChI is InChI=1S/C15H22N2O2/c1-11(12-3-4-12)17(15(18)9-10-16)13-5-7-14(19-2)8-6-13/h5-8,11-12H,3-4,9-10,16H2,1-2H3. The van der Waals surface area contributed by atoms with Crippen LogP contribution in [-0.4, -0.2) is 25.6 Å². The van der Waals surface area contributed by atoms with Gasteiger partial charge in [0.2, 0.25) is 5.91 Å². The van der Waals surface area contributed by atoms with Gasteiger partial charge in [0, 0.05) is 24.7 Å². The fourth-order valence-corrected chi connectivity index (χ4v) is 2.38. The van der Waals surface area contributed by atoms with Gasteiger partial charge < -0.3 is 15.4 Å². The Kier molecular flexibility index (Phi) is 4.43. The maximum absolute atomic E-state index is 12.3. The van der Waals surface area contributed by atoms with Crippen LogP contribution in [-0.2, 0) is 4.79 Å². The zero-order valence-electron chi connectivity index (χ0n) is 11.6. The number of carbonyl (C=O) groups is 1. The molecule has 1 aromatic carbocycles. The lowest BCUT2D eigenvalue weighted by atomic mass is 10.1. The molecule has 2 rings (SSSR count). The number of ether oxygens (including phenoxy) is 1. The Bertz CT molecular complexity index is 426. The second-order valence-electron chi connectivity index (χ2n) is 5.08. The van der Waals surface area contributed by atoms with E-state index in [9.17, 15) is 4.79 Å². The third-order valence-electron chi connectivity index (χ3n) is 3.69. The lowest BCUT2D eigenvalue weighted by Gasteiger charge is -2.29. The summed E-state index contributed by atoms with van der Waals surface area (Å²) in [7, 11) is 1.64. The van der Waals surface area contributed by atoms with Gasteiger partial charge in [0.25, 0.3) is 0 Å². The average molecular weight is 262 g/mol. The minimum absolute atomic E-state index is 0.104. The molecule has 0 bridgehead atoms. The Hall–Kier alpha value is -1.55. The van der Waals surface area contributed by atoms with Crippen molar-refractivity contribution in [3.63, 3.8) is 0 Å². The second kappa shape index (κ2) is 6.06. The highest BCUT2D eigenvalue weighted by molar-refractivity contribution is 5.94. The number of hydrogen-bond donors (Lipinski definition) is 1. The van der Waals surface area contributed by atoms with Crippen LogP contribution in [0.15, 0.2) is 24.3 Å². The fraction of sp³-hybridized carbons (Fsp3) is 0.533. The van der Waals surface area contributed by atoms with E-state index in [2.05, 4.69) is 6.92 Å². The van der Waals surface area contributed by atoms with E-state index in [1.165, 1.54) is 12.8 Å².